The molecule has 3 rings (SSSR count). The summed E-state index contributed by atoms with van der Waals surface area (Å²) < 4.78 is 11.6. The molecular weight excluding hydrogens is 330 g/mol. The second-order valence-electron chi connectivity index (χ2n) is 8.03. The molecule has 2 aliphatic rings. The number of nitriles is 1. The summed E-state index contributed by atoms with van der Waals surface area (Å²) in [6, 6.07) is 8.22. The zero-order valence-corrected chi connectivity index (χ0v) is 16.0. The topological polar surface area (TPSA) is 65.8 Å². The lowest BCUT2D eigenvalue weighted by Crippen LogP contribution is -2.60. The number of carbonyl (C=O) groups excluding carboxylic acids is 1. The molecule has 0 radical (unpaired) electrons. The lowest BCUT2D eigenvalue weighted by Gasteiger charge is -2.46. The van der Waals surface area contributed by atoms with Crippen LogP contribution in [0.4, 0.5) is 4.79 Å². The van der Waals surface area contributed by atoms with Gasteiger partial charge in [0.1, 0.15) is 5.60 Å². The van der Waals surface area contributed by atoms with Crippen LogP contribution < -0.4 is 0 Å². The van der Waals surface area contributed by atoms with Gasteiger partial charge < -0.3 is 14.4 Å². The summed E-state index contributed by atoms with van der Waals surface area (Å²) in [6.45, 7) is 11.1. The van der Waals surface area contributed by atoms with Crippen molar-refractivity contribution in [1.82, 2.24) is 9.80 Å². The number of fused-ring (bicyclic) bond motifs is 1. The zero-order chi connectivity index (χ0) is 18.9. The lowest BCUT2D eigenvalue weighted by atomic mass is 9.96. The number of rotatable bonds is 1. The van der Waals surface area contributed by atoms with E-state index in [-0.39, 0.29) is 18.2 Å². The third-order valence-corrected chi connectivity index (χ3v) is 4.99. The molecule has 2 fully saturated rings. The normalized spacial score (nSPS) is 23.9. The number of hydrogen-bond acceptors (Lipinski definition) is 5. The van der Waals surface area contributed by atoms with Crippen molar-refractivity contribution in [2.45, 2.75) is 45.4 Å². The first-order chi connectivity index (χ1) is 12.3. The van der Waals surface area contributed by atoms with Gasteiger partial charge in [-0.05, 0) is 44.9 Å². The molecule has 1 aromatic carbocycles. The number of morpholine rings is 1. The van der Waals surface area contributed by atoms with Crippen LogP contribution in [0.5, 0.6) is 0 Å². The molecule has 6 heteroatoms. The maximum Gasteiger partial charge on any atom is 0.410 e. The van der Waals surface area contributed by atoms with Crippen molar-refractivity contribution < 1.29 is 14.3 Å². The average molecular weight is 357 g/mol. The van der Waals surface area contributed by atoms with Gasteiger partial charge in [-0.25, -0.2) is 4.79 Å². The van der Waals surface area contributed by atoms with E-state index in [2.05, 4.69) is 11.0 Å². The number of amides is 1. The second-order valence-corrected chi connectivity index (χ2v) is 8.03. The predicted octanol–water partition coefficient (Wildman–Crippen LogP) is 2.86. The van der Waals surface area contributed by atoms with Crippen molar-refractivity contribution in [2.24, 2.45) is 0 Å². The van der Waals surface area contributed by atoms with Gasteiger partial charge in [-0.3, -0.25) is 4.90 Å². The van der Waals surface area contributed by atoms with Gasteiger partial charge in [-0.2, -0.15) is 5.26 Å². The first-order valence-corrected chi connectivity index (χ1v) is 9.11. The summed E-state index contributed by atoms with van der Waals surface area (Å²) in [7, 11) is 0. The molecule has 0 aromatic heterocycles. The fraction of sp³-hybridized carbons (Fsp3) is 0.600. The Morgan fingerprint density at radius 3 is 2.77 bits per heavy atom. The Labute approximate surface area is 155 Å². The van der Waals surface area contributed by atoms with Crippen molar-refractivity contribution in [3.05, 3.63) is 34.9 Å². The van der Waals surface area contributed by atoms with Crippen LogP contribution in [0.25, 0.3) is 0 Å². The summed E-state index contributed by atoms with van der Waals surface area (Å²) in [6.07, 6.45) is -0.288. The van der Waals surface area contributed by atoms with Crippen LogP contribution in [-0.4, -0.2) is 60.3 Å². The highest BCUT2D eigenvalue weighted by Gasteiger charge is 2.37. The van der Waals surface area contributed by atoms with Crippen molar-refractivity contribution >= 4 is 6.09 Å². The Bertz CT molecular complexity index is 720. The van der Waals surface area contributed by atoms with Crippen LogP contribution in [-0.2, 0) is 9.47 Å². The molecule has 0 bridgehead atoms. The van der Waals surface area contributed by atoms with E-state index >= 15 is 0 Å². The van der Waals surface area contributed by atoms with E-state index in [1.165, 1.54) is 0 Å². The fourth-order valence-electron chi connectivity index (χ4n) is 3.59. The number of piperazine rings is 1. The van der Waals surface area contributed by atoms with Gasteiger partial charge in [-0.15, -0.1) is 0 Å². The summed E-state index contributed by atoms with van der Waals surface area (Å²) >= 11 is 0. The molecule has 2 aliphatic heterocycles. The molecular formula is C20H27N3O3. The molecule has 1 aromatic rings. The van der Waals surface area contributed by atoms with Gasteiger partial charge in [0.2, 0.25) is 0 Å². The molecule has 0 N–H and O–H groups in total. The monoisotopic (exact) mass is 357 g/mol. The maximum absolute atomic E-state index is 12.3. The van der Waals surface area contributed by atoms with E-state index in [1.807, 2.05) is 45.9 Å². The number of nitrogens with zero attached hydrogens (tertiary/aromatic N) is 3. The Morgan fingerprint density at radius 1 is 1.31 bits per heavy atom. The minimum Gasteiger partial charge on any atom is -0.444 e. The van der Waals surface area contributed by atoms with Gasteiger partial charge in [0.25, 0.3) is 0 Å². The smallest absolute Gasteiger partial charge is 0.410 e. The van der Waals surface area contributed by atoms with Gasteiger partial charge >= 0.3 is 6.09 Å². The highest BCUT2D eigenvalue weighted by Crippen LogP contribution is 2.30. The number of ether oxygens (including phenoxy) is 2. The first kappa shape index (κ1) is 18.7. The minimum absolute atomic E-state index is 0.0346. The average Bonchev–Trinajstić information content (AvgIpc) is 2.59. The van der Waals surface area contributed by atoms with Gasteiger partial charge in [-0.1, -0.05) is 12.1 Å². The number of benzene rings is 1. The molecule has 0 spiro atoms. The summed E-state index contributed by atoms with van der Waals surface area (Å²) in [5, 5.41) is 9.24. The van der Waals surface area contributed by atoms with Crippen LogP contribution in [0.3, 0.4) is 0 Å². The highest BCUT2D eigenvalue weighted by molar-refractivity contribution is 5.68. The fourth-order valence-corrected chi connectivity index (χ4v) is 3.59. The molecule has 0 unspecified atom stereocenters. The van der Waals surface area contributed by atoms with Crippen LogP contribution >= 0.6 is 0 Å². The Hall–Kier alpha value is -2.10. The summed E-state index contributed by atoms with van der Waals surface area (Å²) in [5.41, 5.74) is 2.29. The van der Waals surface area contributed by atoms with Crippen molar-refractivity contribution in [3.8, 4) is 6.07 Å². The largest absolute Gasteiger partial charge is 0.444 e. The van der Waals surface area contributed by atoms with Crippen molar-refractivity contribution in [1.29, 1.82) is 5.26 Å². The lowest BCUT2D eigenvalue weighted by molar-refractivity contribution is -0.0908. The van der Waals surface area contributed by atoms with E-state index in [4.69, 9.17) is 9.47 Å². The SMILES string of the molecule is Cc1c(C#N)cccc1[C@H]1CN2CCN(C(=O)OC(C)(C)C)C[C@@H]2CO1. The number of carbonyl (C=O) groups is 1. The second kappa shape index (κ2) is 7.26. The van der Waals surface area contributed by atoms with Crippen LogP contribution in [0, 0.1) is 18.3 Å². The summed E-state index contributed by atoms with van der Waals surface area (Å²) in [5.74, 6) is 0. The molecule has 2 saturated heterocycles. The van der Waals surface area contributed by atoms with Crippen LogP contribution in [0.2, 0.25) is 0 Å². The van der Waals surface area contributed by atoms with Crippen LogP contribution in [0.1, 0.15) is 43.6 Å². The molecule has 2 atom stereocenters. The van der Waals surface area contributed by atoms with Gasteiger partial charge in [0.05, 0.1) is 30.4 Å². The van der Waals surface area contributed by atoms with E-state index < -0.39 is 5.60 Å². The Kier molecular flexibility index (Phi) is 5.22. The van der Waals surface area contributed by atoms with Crippen LogP contribution in [0.15, 0.2) is 18.2 Å². The first-order valence-electron chi connectivity index (χ1n) is 9.11. The minimum atomic E-state index is -0.480. The maximum atomic E-state index is 12.3. The van der Waals surface area contributed by atoms with E-state index in [0.717, 1.165) is 24.2 Å². The quantitative estimate of drug-likeness (QED) is 0.773. The standard InChI is InChI=1S/C20H27N3O3/c1-14-15(10-21)6-5-7-17(14)18-12-22-8-9-23(11-16(22)13-25-18)19(24)26-20(2,3)4/h5-7,16,18H,8-9,11-13H2,1-4H3/t16-,18-/m1/s1. The van der Waals surface area contributed by atoms with Gasteiger partial charge in [0, 0.05) is 26.2 Å². The molecule has 1 amide bonds. The Morgan fingerprint density at radius 2 is 2.08 bits per heavy atom. The van der Waals surface area contributed by atoms with Crippen molar-refractivity contribution in [3.63, 3.8) is 0 Å². The summed E-state index contributed by atoms with van der Waals surface area (Å²) in [4.78, 5) is 16.5. The third kappa shape index (κ3) is 4.00. The van der Waals surface area contributed by atoms with Gasteiger partial charge in [0.15, 0.2) is 0 Å². The molecule has 0 aliphatic carbocycles. The number of hydrogen-bond donors (Lipinski definition) is 0. The van der Waals surface area contributed by atoms with E-state index in [0.29, 0.717) is 25.3 Å². The molecule has 140 valence electrons. The molecule has 2 heterocycles. The zero-order valence-electron chi connectivity index (χ0n) is 16.0. The van der Waals surface area contributed by atoms with Crippen molar-refractivity contribution in [2.75, 3.05) is 32.8 Å². The third-order valence-electron chi connectivity index (χ3n) is 4.99. The van der Waals surface area contributed by atoms with E-state index in [9.17, 15) is 10.1 Å². The van der Waals surface area contributed by atoms with E-state index in [1.54, 1.807) is 4.90 Å². The Balaban J connectivity index is 1.64. The predicted molar refractivity (Wildman–Crippen MR) is 97.8 cm³/mol. The molecule has 0 saturated carbocycles. The molecule has 26 heavy (non-hydrogen) atoms. The molecule has 6 nitrogen and oxygen atoms in total. The highest BCUT2D eigenvalue weighted by atomic mass is 16.6.